The fourth-order valence-electron chi connectivity index (χ4n) is 2.39. The average Bonchev–Trinajstić information content (AvgIpc) is 3.14. The third-order valence-electron chi connectivity index (χ3n) is 3.71. The lowest BCUT2D eigenvalue weighted by Gasteiger charge is -2.06. The average molecular weight is 392 g/mol. The van der Waals surface area contributed by atoms with Gasteiger partial charge < -0.3 is 9.73 Å². The molecule has 0 saturated heterocycles. The van der Waals surface area contributed by atoms with Crippen LogP contribution in [0.15, 0.2) is 64.2 Å². The van der Waals surface area contributed by atoms with Gasteiger partial charge in [-0.05, 0) is 48.4 Å². The minimum Gasteiger partial charge on any atom is -0.469 e. The van der Waals surface area contributed by atoms with Gasteiger partial charge in [0.15, 0.2) is 5.03 Å². The predicted octanol–water partition coefficient (Wildman–Crippen LogP) is 3.74. The second kappa shape index (κ2) is 8.33. The molecule has 0 fully saturated rings. The number of sulfone groups is 1. The van der Waals surface area contributed by atoms with E-state index in [1.165, 1.54) is 6.07 Å². The zero-order chi connectivity index (χ0) is 18.4. The van der Waals surface area contributed by atoms with Crippen molar-refractivity contribution in [3.63, 3.8) is 0 Å². The monoisotopic (exact) mass is 391 g/mol. The van der Waals surface area contributed by atoms with Crippen LogP contribution < -0.4 is 5.32 Å². The first-order valence-corrected chi connectivity index (χ1v) is 10.1. The van der Waals surface area contributed by atoms with E-state index >= 15 is 0 Å². The van der Waals surface area contributed by atoms with E-state index in [1.54, 1.807) is 36.6 Å². The van der Waals surface area contributed by atoms with Crippen LogP contribution in [0.25, 0.3) is 0 Å². The molecule has 0 radical (unpaired) electrons. The van der Waals surface area contributed by atoms with Gasteiger partial charge in [0.1, 0.15) is 11.6 Å². The van der Waals surface area contributed by atoms with Gasteiger partial charge in [0.2, 0.25) is 9.84 Å². The Hall–Kier alpha value is -2.38. The van der Waals surface area contributed by atoms with Gasteiger partial charge in [0.05, 0.1) is 12.0 Å². The summed E-state index contributed by atoms with van der Waals surface area (Å²) in [6.45, 7) is 0.687. The Morgan fingerprint density at radius 3 is 2.50 bits per heavy atom. The van der Waals surface area contributed by atoms with E-state index in [-0.39, 0.29) is 10.8 Å². The number of nitrogens with zero attached hydrogens (tertiary/aromatic N) is 2. The second-order valence-corrected chi connectivity index (χ2v) is 8.12. The van der Waals surface area contributed by atoms with E-state index in [4.69, 9.17) is 16.0 Å². The smallest absolute Gasteiger partial charge is 0.201 e. The molecule has 8 heteroatoms. The van der Waals surface area contributed by atoms with Gasteiger partial charge in [-0.3, -0.25) is 0 Å². The summed E-state index contributed by atoms with van der Waals surface area (Å²) >= 11 is 5.81. The number of aryl methyl sites for hydroxylation is 1. The zero-order valence-electron chi connectivity index (χ0n) is 13.9. The number of aromatic nitrogens is 2. The third kappa shape index (κ3) is 5.06. The molecule has 0 aliphatic heterocycles. The van der Waals surface area contributed by atoms with Crippen LogP contribution in [-0.4, -0.2) is 25.2 Å². The molecule has 136 valence electrons. The van der Waals surface area contributed by atoms with Gasteiger partial charge >= 0.3 is 0 Å². The molecule has 1 N–H and O–H groups in total. The van der Waals surface area contributed by atoms with E-state index in [9.17, 15) is 8.42 Å². The number of anilines is 1. The van der Waals surface area contributed by atoms with Crippen molar-refractivity contribution >= 4 is 27.3 Å². The molecule has 3 aromatic rings. The molecule has 0 amide bonds. The molecule has 2 aromatic heterocycles. The van der Waals surface area contributed by atoms with Crippen molar-refractivity contribution in [2.75, 3.05) is 11.9 Å². The standard InChI is InChI=1S/C18H18ClN3O3S/c19-15-7-5-14(6-8-15)13-26(23,24)18-10-9-17(21-22-18)20-11-1-3-16-4-2-12-25-16/h2,4-10,12H,1,3,11,13H2,(H,20,21). The Balaban J connectivity index is 1.55. The molecule has 0 aliphatic rings. The molecule has 0 aliphatic carbocycles. The minimum absolute atomic E-state index is 0.0476. The third-order valence-corrected chi connectivity index (χ3v) is 5.54. The number of halogens is 1. The van der Waals surface area contributed by atoms with Crippen molar-refractivity contribution in [2.45, 2.75) is 23.6 Å². The molecule has 26 heavy (non-hydrogen) atoms. The van der Waals surface area contributed by atoms with E-state index in [2.05, 4.69) is 15.5 Å². The lowest BCUT2D eigenvalue weighted by atomic mass is 10.2. The topological polar surface area (TPSA) is 85.1 Å². The first-order chi connectivity index (χ1) is 12.5. The lowest BCUT2D eigenvalue weighted by Crippen LogP contribution is -2.10. The van der Waals surface area contributed by atoms with E-state index in [0.717, 1.165) is 18.6 Å². The fraction of sp³-hybridized carbons (Fsp3) is 0.222. The predicted molar refractivity (Wildman–Crippen MR) is 99.9 cm³/mol. The fourth-order valence-corrected chi connectivity index (χ4v) is 3.73. The highest BCUT2D eigenvalue weighted by Crippen LogP contribution is 2.17. The molecule has 0 bridgehead atoms. The van der Waals surface area contributed by atoms with Crippen LogP contribution in [0.1, 0.15) is 17.7 Å². The molecule has 6 nitrogen and oxygen atoms in total. The highest BCUT2D eigenvalue weighted by molar-refractivity contribution is 7.90. The van der Waals surface area contributed by atoms with Gasteiger partial charge in [-0.2, -0.15) is 0 Å². The van der Waals surface area contributed by atoms with E-state index in [1.807, 2.05) is 12.1 Å². The Morgan fingerprint density at radius 1 is 1.04 bits per heavy atom. The summed E-state index contributed by atoms with van der Waals surface area (Å²) in [4.78, 5) is 0. The molecular formula is C18H18ClN3O3S. The van der Waals surface area contributed by atoms with Crippen molar-refractivity contribution in [3.8, 4) is 0 Å². The van der Waals surface area contributed by atoms with Gasteiger partial charge in [-0.25, -0.2) is 8.42 Å². The van der Waals surface area contributed by atoms with Gasteiger partial charge in [0, 0.05) is 18.0 Å². The first-order valence-electron chi connectivity index (χ1n) is 8.10. The maximum Gasteiger partial charge on any atom is 0.201 e. The van der Waals surface area contributed by atoms with Crippen LogP contribution in [0.4, 0.5) is 5.82 Å². The van der Waals surface area contributed by atoms with Gasteiger partial charge in [-0.15, -0.1) is 10.2 Å². The van der Waals surface area contributed by atoms with Crippen molar-refractivity contribution in [2.24, 2.45) is 0 Å². The molecule has 0 atom stereocenters. The number of hydrogen-bond donors (Lipinski definition) is 1. The summed E-state index contributed by atoms with van der Waals surface area (Å²) in [6.07, 6.45) is 3.34. The lowest BCUT2D eigenvalue weighted by molar-refractivity contribution is 0.504. The molecule has 0 unspecified atom stereocenters. The maximum absolute atomic E-state index is 12.4. The van der Waals surface area contributed by atoms with Crippen molar-refractivity contribution < 1.29 is 12.8 Å². The molecular weight excluding hydrogens is 374 g/mol. The summed E-state index contributed by atoms with van der Waals surface area (Å²) in [5.74, 6) is 1.32. The van der Waals surface area contributed by atoms with Crippen LogP contribution in [0, 0.1) is 0 Å². The van der Waals surface area contributed by atoms with Crippen LogP contribution in [0.3, 0.4) is 0 Å². The first kappa shape index (κ1) is 18.4. The van der Waals surface area contributed by atoms with Crippen LogP contribution in [0.2, 0.25) is 5.02 Å². The Bertz CT molecular complexity index is 925. The Labute approximate surface area is 157 Å². The summed E-state index contributed by atoms with van der Waals surface area (Å²) in [5, 5.41) is 11.4. The SMILES string of the molecule is O=S(=O)(Cc1ccc(Cl)cc1)c1ccc(NCCCc2ccco2)nn1. The molecule has 1 aromatic carbocycles. The summed E-state index contributed by atoms with van der Waals surface area (Å²) in [5.41, 5.74) is 0.649. The summed E-state index contributed by atoms with van der Waals surface area (Å²) in [6, 6.07) is 13.6. The zero-order valence-corrected chi connectivity index (χ0v) is 15.5. The number of benzene rings is 1. The van der Waals surface area contributed by atoms with Crippen molar-refractivity contribution in [3.05, 3.63) is 71.1 Å². The Kier molecular flexibility index (Phi) is 5.90. The van der Waals surface area contributed by atoms with E-state index < -0.39 is 9.84 Å². The number of furan rings is 1. The number of hydrogen-bond acceptors (Lipinski definition) is 6. The molecule has 0 saturated carbocycles. The molecule has 3 rings (SSSR count). The van der Waals surface area contributed by atoms with Gasteiger partial charge in [0.25, 0.3) is 0 Å². The van der Waals surface area contributed by atoms with Gasteiger partial charge in [-0.1, -0.05) is 23.7 Å². The second-order valence-electron chi connectivity index (χ2n) is 5.75. The Morgan fingerprint density at radius 2 is 1.85 bits per heavy atom. The van der Waals surface area contributed by atoms with Crippen molar-refractivity contribution in [1.82, 2.24) is 10.2 Å². The molecule has 0 spiro atoms. The van der Waals surface area contributed by atoms with Crippen LogP contribution in [-0.2, 0) is 22.0 Å². The summed E-state index contributed by atoms with van der Waals surface area (Å²) in [7, 11) is -3.55. The van der Waals surface area contributed by atoms with E-state index in [0.29, 0.717) is 22.9 Å². The normalized spacial score (nSPS) is 11.4. The van der Waals surface area contributed by atoms with Crippen LogP contribution >= 0.6 is 11.6 Å². The highest BCUT2D eigenvalue weighted by atomic mass is 35.5. The molecule has 2 heterocycles. The number of rotatable bonds is 8. The largest absolute Gasteiger partial charge is 0.469 e. The highest BCUT2D eigenvalue weighted by Gasteiger charge is 2.17. The number of nitrogens with one attached hydrogen (secondary N) is 1. The van der Waals surface area contributed by atoms with Crippen molar-refractivity contribution in [1.29, 1.82) is 0 Å². The van der Waals surface area contributed by atoms with Crippen LogP contribution in [0.5, 0.6) is 0 Å². The quantitative estimate of drug-likeness (QED) is 0.589. The minimum atomic E-state index is -3.55. The summed E-state index contributed by atoms with van der Waals surface area (Å²) < 4.78 is 30.1. The maximum atomic E-state index is 12.4.